The number of thioether (sulfide) groups is 1. The third kappa shape index (κ3) is 3.22. The van der Waals surface area contributed by atoms with E-state index in [4.69, 9.17) is 0 Å². The molecule has 22 heavy (non-hydrogen) atoms. The molecule has 3 aromatic rings. The van der Waals surface area contributed by atoms with E-state index in [0.29, 0.717) is 17.4 Å². The van der Waals surface area contributed by atoms with Crippen LogP contribution in [-0.2, 0) is 6.42 Å². The first-order chi connectivity index (χ1) is 10.7. The molecule has 1 atom stereocenters. The maximum Gasteiger partial charge on any atom is 0.269 e. The van der Waals surface area contributed by atoms with E-state index in [-0.39, 0.29) is 10.9 Å². The van der Waals surface area contributed by atoms with Crippen LogP contribution in [0.25, 0.3) is 0 Å². The number of nitro benzene ring substituents is 1. The number of aromatic amines is 2. The van der Waals surface area contributed by atoms with Crippen LogP contribution in [0, 0.1) is 10.1 Å². The molecule has 2 N–H and O–H groups in total. The summed E-state index contributed by atoms with van der Waals surface area (Å²) in [7, 11) is 0. The number of tetrazole rings is 2. The van der Waals surface area contributed by atoms with Gasteiger partial charge in [-0.05, 0) is 17.2 Å². The zero-order valence-corrected chi connectivity index (χ0v) is 11.8. The number of rotatable bonds is 6. The normalized spacial score (nSPS) is 12.2. The Morgan fingerprint density at radius 1 is 1.14 bits per heavy atom. The minimum Gasteiger partial charge on any atom is -0.258 e. The molecule has 0 fully saturated rings. The second kappa shape index (κ2) is 6.26. The monoisotopic (exact) mass is 319 g/mol. The van der Waals surface area contributed by atoms with E-state index in [1.807, 2.05) is 0 Å². The fourth-order valence-corrected chi connectivity index (χ4v) is 2.71. The maximum absolute atomic E-state index is 10.7. The Kier molecular flexibility index (Phi) is 4.00. The van der Waals surface area contributed by atoms with Crippen LogP contribution in [0.2, 0.25) is 0 Å². The molecule has 0 radical (unpaired) electrons. The van der Waals surface area contributed by atoms with E-state index >= 15 is 0 Å². The van der Waals surface area contributed by atoms with Crippen molar-refractivity contribution in [1.29, 1.82) is 0 Å². The van der Waals surface area contributed by atoms with E-state index in [1.54, 1.807) is 12.1 Å². The first kappa shape index (κ1) is 14.1. The van der Waals surface area contributed by atoms with Crippen LogP contribution in [0.4, 0.5) is 5.69 Å². The van der Waals surface area contributed by atoms with Gasteiger partial charge in [-0.15, -0.1) is 20.4 Å². The van der Waals surface area contributed by atoms with E-state index < -0.39 is 4.92 Å². The molecule has 12 heteroatoms. The lowest BCUT2D eigenvalue weighted by molar-refractivity contribution is -0.384. The summed E-state index contributed by atoms with van der Waals surface area (Å²) in [4.78, 5) is 10.2. The van der Waals surface area contributed by atoms with Gasteiger partial charge in [0, 0.05) is 12.1 Å². The number of nitro groups is 1. The number of aromatic nitrogens is 8. The van der Waals surface area contributed by atoms with Crippen molar-refractivity contribution in [2.24, 2.45) is 0 Å². The highest BCUT2D eigenvalue weighted by atomic mass is 32.2. The third-order valence-electron chi connectivity index (χ3n) is 2.79. The first-order valence-corrected chi connectivity index (χ1v) is 6.97. The number of benzene rings is 1. The molecule has 0 bridgehead atoms. The van der Waals surface area contributed by atoms with Crippen molar-refractivity contribution in [3.63, 3.8) is 0 Å². The molecule has 1 unspecified atom stereocenters. The van der Waals surface area contributed by atoms with Gasteiger partial charge in [0.1, 0.15) is 0 Å². The number of H-pyrrole nitrogens is 2. The lowest BCUT2D eigenvalue weighted by atomic mass is 10.1. The molecule has 0 amide bonds. The van der Waals surface area contributed by atoms with Gasteiger partial charge >= 0.3 is 0 Å². The van der Waals surface area contributed by atoms with Crippen molar-refractivity contribution >= 4 is 17.4 Å². The van der Waals surface area contributed by atoms with Gasteiger partial charge in [0.15, 0.2) is 5.82 Å². The fraction of sp³-hybridized carbons (Fsp3) is 0.200. The third-order valence-corrected chi connectivity index (χ3v) is 3.84. The Morgan fingerprint density at radius 3 is 2.45 bits per heavy atom. The average molecular weight is 319 g/mol. The molecular formula is C10H9N9O2S. The van der Waals surface area contributed by atoms with E-state index in [0.717, 1.165) is 5.56 Å². The van der Waals surface area contributed by atoms with Crippen molar-refractivity contribution in [2.75, 3.05) is 0 Å². The highest BCUT2D eigenvalue weighted by molar-refractivity contribution is 7.99. The largest absolute Gasteiger partial charge is 0.269 e. The van der Waals surface area contributed by atoms with E-state index in [9.17, 15) is 10.1 Å². The highest BCUT2D eigenvalue weighted by Gasteiger charge is 2.21. The average Bonchev–Trinajstić information content (AvgIpc) is 3.20. The maximum atomic E-state index is 10.7. The van der Waals surface area contributed by atoms with Crippen LogP contribution in [-0.4, -0.2) is 46.2 Å². The summed E-state index contributed by atoms with van der Waals surface area (Å²) in [6.45, 7) is 0. The molecule has 0 aliphatic carbocycles. The Balaban J connectivity index is 1.79. The number of nitrogens with one attached hydrogen (secondary N) is 2. The van der Waals surface area contributed by atoms with Crippen LogP contribution < -0.4 is 0 Å². The van der Waals surface area contributed by atoms with Crippen molar-refractivity contribution in [1.82, 2.24) is 41.2 Å². The van der Waals surface area contributed by atoms with Gasteiger partial charge in [-0.1, -0.05) is 29.1 Å². The topological polar surface area (TPSA) is 152 Å². The van der Waals surface area contributed by atoms with Gasteiger partial charge in [-0.25, -0.2) is 0 Å². The van der Waals surface area contributed by atoms with Gasteiger partial charge < -0.3 is 0 Å². The predicted octanol–water partition coefficient (Wildman–Crippen LogP) is 0.697. The second-order valence-corrected chi connectivity index (χ2v) is 5.37. The van der Waals surface area contributed by atoms with E-state index in [2.05, 4.69) is 41.2 Å². The van der Waals surface area contributed by atoms with Gasteiger partial charge in [0.2, 0.25) is 5.16 Å². The van der Waals surface area contributed by atoms with Crippen molar-refractivity contribution in [3.05, 3.63) is 45.8 Å². The predicted molar refractivity (Wildman–Crippen MR) is 73.8 cm³/mol. The van der Waals surface area contributed by atoms with Crippen LogP contribution in [0.1, 0.15) is 16.6 Å². The molecule has 0 saturated heterocycles. The molecule has 0 saturated carbocycles. The summed E-state index contributed by atoms with van der Waals surface area (Å²) >= 11 is 1.32. The molecule has 112 valence electrons. The first-order valence-electron chi connectivity index (χ1n) is 6.09. The quantitative estimate of drug-likeness (QED) is 0.379. The SMILES string of the molecule is O=[N+]([O-])c1ccc(CC(Sc2nn[nH]n2)c2nn[nH]n2)cc1. The molecule has 2 heterocycles. The smallest absolute Gasteiger partial charge is 0.258 e. The van der Waals surface area contributed by atoms with Crippen LogP contribution in [0.5, 0.6) is 0 Å². The van der Waals surface area contributed by atoms with Gasteiger partial charge in [0.25, 0.3) is 5.69 Å². The highest BCUT2D eigenvalue weighted by Crippen LogP contribution is 2.33. The van der Waals surface area contributed by atoms with E-state index in [1.165, 1.54) is 23.9 Å². The number of hydrogen-bond acceptors (Lipinski definition) is 9. The Morgan fingerprint density at radius 2 is 1.86 bits per heavy atom. The van der Waals surface area contributed by atoms with Crippen LogP contribution >= 0.6 is 11.8 Å². The second-order valence-electron chi connectivity index (χ2n) is 4.20. The van der Waals surface area contributed by atoms with Gasteiger partial charge in [-0.2, -0.15) is 10.4 Å². The Hall–Kier alpha value is -2.89. The molecule has 1 aromatic carbocycles. The van der Waals surface area contributed by atoms with Crippen LogP contribution in [0.3, 0.4) is 0 Å². The van der Waals surface area contributed by atoms with Crippen molar-refractivity contribution < 1.29 is 4.92 Å². The number of hydrogen-bond donors (Lipinski definition) is 2. The molecule has 11 nitrogen and oxygen atoms in total. The zero-order chi connectivity index (χ0) is 15.4. The molecule has 2 aromatic heterocycles. The summed E-state index contributed by atoms with van der Waals surface area (Å²) in [6.07, 6.45) is 0.538. The molecule has 0 aliphatic rings. The van der Waals surface area contributed by atoms with Crippen molar-refractivity contribution in [3.8, 4) is 0 Å². The standard InChI is InChI=1S/C10H9N9O2S/c20-19(21)7-3-1-6(2-4-7)5-8(9-11-15-16-12-9)22-10-13-17-18-14-10/h1-4,8H,5H2,(H,11,12,15,16)(H,13,14,17,18). The fourth-order valence-electron chi connectivity index (χ4n) is 1.79. The molecule has 0 spiro atoms. The molecule has 0 aliphatic heterocycles. The summed E-state index contributed by atoms with van der Waals surface area (Å²) in [6, 6.07) is 6.31. The molecular weight excluding hydrogens is 310 g/mol. The summed E-state index contributed by atoms with van der Waals surface area (Å²) in [5.41, 5.74) is 0.946. The Bertz CT molecular complexity index is 728. The van der Waals surface area contributed by atoms with Crippen molar-refractivity contribution in [2.45, 2.75) is 16.8 Å². The van der Waals surface area contributed by atoms with Gasteiger partial charge in [-0.3, -0.25) is 10.1 Å². The number of non-ortho nitro benzene ring substituents is 1. The van der Waals surface area contributed by atoms with Crippen LogP contribution in [0.15, 0.2) is 29.4 Å². The van der Waals surface area contributed by atoms with Gasteiger partial charge in [0.05, 0.1) is 10.2 Å². The minimum atomic E-state index is -0.436. The summed E-state index contributed by atoms with van der Waals surface area (Å²) < 4.78 is 0. The summed E-state index contributed by atoms with van der Waals surface area (Å²) in [5, 5.41) is 38.5. The lowest BCUT2D eigenvalue weighted by Crippen LogP contribution is -2.02. The summed E-state index contributed by atoms with van der Waals surface area (Å²) in [5.74, 6) is 0.494. The lowest BCUT2D eigenvalue weighted by Gasteiger charge is -2.10. The zero-order valence-electron chi connectivity index (χ0n) is 10.9. The number of nitrogens with zero attached hydrogens (tertiary/aromatic N) is 7. The molecule has 3 rings (SSSR count). The Labute approximate surface area is 127 Å². The minimum absolute atomic E-state index is 0.0469.